The predicted octanol–water partition coefficient (Wildman–Crippen LogP) is 2.14. The zero-order chi connectivity index (χ0) is 13.8. The first-order chi connectivity index (χ1) is 9.19. The van der Waals surface area contributed by atoms with Gasteiger partial charge in [0.2, 0.25) is 5.91 Å². The summed E-state index contributed by atoms with van der Waals surface area (Å²) in [7, 11) is 1.71. The van der Waals surface area contributed by atoms with Crippen molar-refractivity contribution in [2.45, 2.75) is 70.6 Å². The summed E-state index contributed by atoms with van der Waals surface area (Å²) >= 11 is 0. The van der Waals surface area contributed by atoms with E-state index in [-0.39, 0.29) is 24.2 Å². The first-order valence-corrected chi connectivity index (χ1v) is 7.76. The molecule has 3 atom stereocenters. The molecular weight excluding hydrogens is 240 g/mol. The quantitative estimate of drug-likeness (QED) is 0.802. The van der Waals surface area contributed by atoms with Crippen LogP contribution in [0.2, 0.25) is 0 Å². The van der Waals surface area contributed by atoms with Crippen molar-refractivity contribution in [3.05, 3.63) is 0 Å². The van der Waals surface area contributed by atoms with E-state index in [9.17, 15) is 4.79 Å². The van der Waals surface area contributed by atoms with E-state index in [4.69, 9.17) is 4.74 Å². The van der Waals surface area contributed by atoms with Crippen LogP contribution in [0.25, 0.3) is 0 Å². The Morgan fingerprint density at radius 1 is 1.42 bits per heavy atom. The van der Waals surface area contributed by atoms with Crippen molar-refractivity contribution >= 4 is 5.91 Å². The summed E-state index contributed by atoms with van der Waals surface area (Å²) in [6.07, 6.45) is 7.34. The van der Waals surface area contributed by atoms with Crippen LogP contribution in [0.5, 0.6) is 0 Å². The molecule has 4 nitrogen and oxygen atoms in total. The van der Waals surface area contributed by atoms with E-state index in [0.29, 0.717) is 12.5 Å². The number of nitrogens with zero attached hydrogens (tertiary/aromatic N) is 1. The van der Waals surface area contributed by atoms with E-state index in [0.717, 1.165) is 12.8 Å². The highest BCUT2D eigenvalue weighted by atomic mass is 16.5. The van der Waals surface area contributed by atoms with Crippen molar-refractivity contribution in [2.24, 2.45) is 5.92 Å². The van der Waals surface area contributed by atoms with Crippen molar-refractivity contribution in [1.29, 1.82) is 0 Å². The van der Waals surface area contributed by atoms with Crippen LogP contribution in [-0.2, 0) is 9.53 Å². The van der Waals surface area contributed by atoms with Crippen LogP contribution >= 0.6 is 0 Å². The number of amides is 1. The lowest BCUT2D eigenvalue weighted by atomic mass is 10.0. The molecule has 19 heavy (non-hydrogen) atoms. The third-order valence-corrected chi connectivity index (χ3v) is 4.53. The Balaban J connectivity index is 2.10. The predicted molar refractivity (Wildman–Crippen MR) is 75.8 cm³/mol. The Kier molecular flexibility index (Phi) is 5.22. The molecule has 1 aliphatic carbocycles. The summed E-state index contributed by atoms with van der Waals surface area (Å²) in [5, 5.41) is 3.59. The lowest BCUT2D eigenvalue weighted by molar-refractivity contribution is -0.133. The monoisotopic (exact) mass is 268 g/mol. The van der Waals surface area contributed by atoms with Gasteiger partial charge in [0.15, 0.2) is 0 Å². The number of nitrogens with one attached hydrogen (secondary N) is 1. The minimum atomic E-state index is 0.0231. The molecule has 0 spiro atoms. The normalized spacial score (nSPS) is 30.3. The van der Waals surface area contributed by atoms with Gasteiger partial charge in [-0.1, -0.05) is 26.2 Å². The molecule has 1 N–H and O–H groups in total. The van der Waals surface area contributed by atoms with Crippen molar-refractivity contribution in [1.82, 2.24) is 10.2 Å². The van der Waals surface area contributed by atoms with E-state index in [2.05, 4.69) is 24.1 Å². The molecule has 1 saturated carbocycles. The van der Waals surface area contributed by atoms with Gasteiger partial charge in [-0.3, -0.25) is 10.1 Å². The Hall–Kier alpha value is -0.610. The van der Waals surface area contributed by atoms with Crippen molar-refractivity contribution in [3.63, 3.8) is 0 Å². The van der Waals surface area contributed by atoms with Gasteiger partial charge in [0.1, 0.15) is 0 Å². The minimum absolute atomic E-state index is 0.0231. The molecule has 2 rings (SSSR count). The molecule has 0 aromatic rings. The largest absolute Gasteiger partial charge is 0.383 e. The first-order valence-electron chi connectivity index (χ1n) is 7.76. The maximum absolute atomic E-state index is 12.6. The van der Waals surface area contributed by atoms with Crippen LogP contribution in [-0.4, -0.2) is 42.8 Å². The molecule has 110 valence electrons. The van der Waals surface area contributed by atoms with Crippen LogP contribution < -0.4 is 5.32 Å². The first kappa shape index (κ1) is 14.8. The Morgan fingerprint density at radius 3 is 2.68 bits per heavy atom. The van der Waals surface area contributed by atoms with E-state index >= 15 is 0 Å². The summed E-state index contributed by atoms with van der Waals surface area (Å²) in [6, 6.07) is 0.187. The third kappa shape index (κ3) is 3.11. The molecule has 2 aliphatic rings. The summed E-state index contributed by atoms with van der Waals surface area (Å²) in [5.41, 5.74) is 0. The van der Waals surface area contributed by atoms with Crippen LogP contribution in [0.1, 0.15) is 52.4 Å². The zero-order valence-corrected chi connectivity index (χ0v) is 12.5. The van der Waals surface area contributed by atoms with Gasteiger partial charge >= 0.3 is 0 Å². The topological polar surface area (TPSA) is 41.6 Å². The fourth-order valence-electron chi connectivity index (χ4n) is 3.62. The van der Waals surface area contributed by atoms with Gasteiger partial charge in [0.25, 0.3) is 0 Å². The molecular formula is C15H28N2O2. The fourth-order valence-corrected chi connectivity index (χ4v) is 3.62. The highest BCUT2D eigenvalue weighted by Crippen LogP contribution is 2.33. The Bertz CT molecular complexity index is 303. The molecule has 1 saturated heterocycles. The highest BCUT2D eigenvalue weighted by molar-refractivity contribution is 5.84. The summed E-state index contributed by atoms with van der Waals surface area (Å²) in [6.45, 7) is 4.86. The van der Waals surface area contributed by atoms with Crippen molar-refractivity contribution < 1.29 is 9.53 Å². The molecule has 1 heterocycles. The number of hydrogen-bond acceptors (Lipinski definition) is 3. The summed E-state index contributed by atoms with van der Waals surface area (Å²) in [4.78, 5) is 14.7. The minimum Gasteiger partial charge on any atom is -0.383 e. The Labute approximate surface area is 116 Å². The smallest absolute Gasteiger partial charge is 0.241 e. The van der Waals surface area contributed by atoms with E-state index in [1.807, 2.05) is 0 Å². The number of hydrogen-bond donors (Lipinski definition) is 1. The van der Waals surface area contributed by atoms with Crippen LogP contribution in [0.3, 0.4) is 0 Å². The molecule has 0 bridgehead atoms. The van der Waals surface area contributed by atoms with Gasteiger partial charge in [0.05, 0.1) is 24.9 Å². The molecule has 2 fully saturated rings. The molecule has 3 unspecified atom stereocenters. The van der Waals surface area contributed by atoms with Crippen molar-refractivity contribution in [2.75, 3.05) is 13.7 Å². The van der Waals surface area contributed by atoms with E-state index < -0.39 is 0 Å². The summed E-state index contributed by atoms with van der Waals surface area (Å²) < 4.78 is 5.25. The van der Waals surface area contributed by atoms with E-state index in [1.54, 1.807) is 7.11 Å². The van der Waals surface area contributed by atoms with Crippen LogP contribution in [0.15, 0.2) is 0 Å². The van der Waals surface area contributed by atoms with Gasteiger partial charge in [-0.15, -0.1) is 0 Å². The van der Waals surface area contributed by atoms with E-state index in [1.165, 1.54) is 25.7 Å². The van der Waals surface area contributed by atoms with Crippen LogP contribution in [0.4, 0.5) is 0 Å². The second-order valence-corrected chi connectivity index (χ2v) is 6.05. The maximum atomic E-state index is 12.6. The number of rotatable bonds is 6. The van der Waals surface area contributed by atoms with Gasteiger partial charge in [-0.05, 0) is 32.1 Å². The lowest BCUT2D eigenvalue weighted by Crippen LogP contribution is -2.48. The average Bonchev–Trinajstić information content (AvgIpc) is 2.99. The van der Waals surface area contributed by atoms with Crippen molar-refractivity contribution in [3.8, 4) is 0 Å². The van der Waals surface area contributed by atoms with Gasteiger partial charge in [-0.2, -0.15) is 0 Å². The Morgan fingerprint density at radius 2 is 2.11 bits per heavy atom. The second kappa shape index (κ2) is 6.71. The maximum Gasteiger partial charge on any atom is 0.241 e. The molecule has 1 amide bonds. The number of carbonyl (C=O) groups is 1. The number of ether oxygens (including phenoxy) is 1. The number of methoxy groups -OCH3 is 1. The molecule has 0 radical (unpaired) electrons. The molecule has 4 heteroatoms. The third-order valence-electron chi connectivity index (χ3n) is 4.53. The standard InChI is InChI=1S/C15H28N2O2/c1-4-7-13-15(18)17(11(2)10-19-3)14(16-13)12-8-5-6-9-12/h11-14,16H,4-10H2,1-3H3. The SMILES string of the molecule is CCCC1NC(C2CCCC2)N(C(C)COC)C1=O. The van der Waals surface area contributed by atoms with Crippen LogP contribution in [0, 0.1) is 5.92 Å². The molecule has 1 aliphatic heterocycles. The van der Waals surface area contributed by atoms with Gasteiger partial charge < -0.3 is 9.64 Å². The zero-order valence-electron chi connectivity index (χ0n) is 12.5. The molecule has 0 aromatic heterocycles. The highest BCUT2D eigenvalue weighted by Gasteiger charge is 2.44. The lowest BCUT2D eigenvalue weighted by Gasteiger charge is -2.33. The second-order valence-electron chi connectivity index (χ2n) is 6.05. The van der Waals surface area contributed by atoms with Gasteiger partial charge in [-0.25, -0.2) is 0 Å². The average molecular weight is 268 g/mol. The fraction of sp³-hybridized carbons (Fsp3) is 0.933. The molecule has 0 aromatic carbocycles. The number of carbonyl (C=O) groups excluding carboxylic acids is 1. The van der Waals surface area contributed by atoms with Gasteiger partial charge in [0, 0.05) is 7.11 Å². The summed E-state index contributed by atoms with van der Waals surface area (Å²) in [5.74, 6) is 0.911.